The fourth-order valence-corrected chi connectivity index (χ4v) is 2.14. The van der Waals surface area contributed by atoms with Crippen LogP contribution in [0.4, 0.5) is 13.2 Å². The summed E-state index contributed by atoms with van der Waals surface area (Å²) in [6, 6.07) is 15.3. The molecule has 1 N–H and O–H groups in total. The van der Waals surface area contributed by atoms with Gasteiger partial charge in [-0.2, -0.15) is 18.2 Å². The normalized spacial score (nSPS) is 11.3. The van der Waals surface area contributed by atoms with Crippen molar-refractivity contribution in [3.63, 3.8) is 0 Å². The minimum Gasteiger partial charge on any atom is -0.348 e. The van der Waals surface area contributed by atoms with E-state index in [2.05, 4.69) is 20.0 Å². The summed E-state index contributed by atoms with van der Waals surface area (Å²) in [6.07, 6.45) is -4.71. The van der Waals surface area contributed by atoms with Crippen molar-refractivity contribution in [3.05, 3.63) is 71.6 Å². The first-order valence-corrected chi connectivity index (χ1v) is 7.27. The molecule has 0 saturated heterocycles. The third-order valence-corrected chi connectivity index (χ3v) is 3.35. The van der Waals surface area contributed by atoms with Gasteiger partial charge in [0.25, 0.3) is 5.91 Å². The maximum atomic E-state index is 12.5. The summed E-state index contributed by atoms with van der Waals surface area (Å²) in [4.78, 5) is 15.5. The van der Waals surface area contributed by atoms with E-state index in [-0.39, 0.29) is 22.9 Å². The maximum Gasteiger partial charge on any atom is 0.471 e. The standard InChI is InChI=1S/C17H12F3N3O2/c18-17(19,20)16-22-14(23-25-16)12-7-4-8-13(9-12)15(24)21-10-11-5-2-1-3-6-11/h1-9H,10H2,(H,21,24)/i18-1. The molecule has 25 heavy (non-hydrogen) atoms. The minimum absolute atomic E-state index is 0.231. The quantitative estimate of drug-likeness (QED) is 0.782. The number of aromatic nitrogens is 2. The van der Waals surface area contributed by atoms with Crippen LogP contribution in [-0.2, 0) is 12.7 Å². The van der Waals surface area contributed by atoms with Gasteiger partial charge in [-0.25, -0.2) is 0 Å². The molecular formula is C17H12F3N3O2. The lowest BCUT2D eigenvalue weighted by atomic mass is 10.1. The predicted molar refractivity (Wildman–Crippen MR) is 82.3 cm³/mol. The fourth-order valence-electron chi connectivity index (χ4n) is 2.14. The first-order chi connectivity index (χ1) is 11.9. The minimum atomic E-state index is -4.71. The van der Waals surface area contributed by atoms with Crippen LogP contribution in [0.1, 0.15) is 21.8 Å². The molecule has 3 aromatic rings. The molecule has 0 radical (unpaired) electrons. The van der Waals surface area contributed by atoms with Crippen LogP contribution < -0.4 is 5.32 Å². The van der Waals surface area contributed by atoms with Crippen molar-refractivity contribution in [1.82, 2.24) is 15.5 Å². The smallest absolute Gasteiger partial charge is 0.348 e. The van der Waals surface area contributed by atoms with Crippen LogP contribution in [-0.4, -0.2) is 16.0 Å². The highest BCUT2D eigenvalue weighted by Gasteiger charge is 2.38. The Morgan fingerprint density at radius 1 is 1.08 bits per heavy atom. The SMILES string of the molecule is O=C(NCc1ccccc1)c1cccc(-c2noc(C(F)(F)[18F])n2)c1. The zero-order chi connectivity index (χ0) is 17.9. The van der Waals surface area contributed by atoms with E-state index >= 15 is 0 Å². The third-order valence-electron chi connectivity index (χ3n) is 3.35. The molecular weight excluding hydrogens is 334 g/mol. The monoisotopic (exact) mass is 346 g/mol. The molecule has 8 heteroatoms. The number of carbonyl (C=O) groups excluding carboxylic acids is 1. The third kappa shape index (κ3) is 4.03. The van der Waals surface area contributed by atoms with Gasteiger partial charge < -0.3 is 9.84 Å². The van der Waals surface area contributed by atoms with Crippen LogP contribution in [0.2, 0.25) is 0 Å². The zero-order valence-electron chi connectivity index (χ0n) is 12.7. The van der Waals surface area contributed by atoms with E-state index in [0.29, 0.717) is 6.54 Å². The van der Waals surface area contributed by atoms with Gasteiger partial charge in [0.1, 0.15) is 0 Å². The summed E-state index contributed by atoms with van der Waals surface area (Å²) in [5.41, 5.74) is 1.47. The second-order valence-electron chi connectivity index (χ2n) is 5.17. The van der Waals surface area contributed by atoms with Crippen LogP contribution in [0.25, 0.3) is 11.4 Å². The second kappa shape index (κ2) is 6.76. The van der Waals surface area contributed by atoms with Gasteiger partial charge in [-0.3, -0.25) is 4.79 Å². The molecule has 1 aromatic heterocycles. The van der Waals surface area contributed by atoms with Gasteiger partial charge in [0.15, 0.2) is 0 Å². The van der Waals surface area contributed by atoms with Gasteiger partial charge in [0.2, 0.25) is 5.82 Å². The highest BCUT2D eigenvalue weighted by molar-refractivity contribution is 5.95. The Balaban J connectivity index is 1.75. The largest absolute Gasteiger partial charge is 0.471 e. The summed E-state index contributed by atoms with van der Waals surface area (Å²) < 4.78 is 41.8. The predicted octanol–water partition coefficient (Wildman–Crippen LogP) is 3.69. The van der Waals surface area contributed by atoms with Crippen molar-refractivity contribution >= 4 is 5.91 Å². The Morgan fingerprint density at radius 3 is 2.52 bits per heavy atom. The lowest BCUT2D eigenvalue weighted by Gasteiger charge is -2.06. The Bertz CT molecular complexity index is 876. The van der Waals surface area contributed by atoms with E-state index in [4.69, 9.17) is 0 Å². The molecule has 0 atom stereocenters. The molecule has 0 unspecified atom stereocenters. The molecule has 0 aliphatic rings. The van der Waals surface area contributed by atoms with Crippen LogP contribution in [0.15, 0.2) is 59.1 Å². The highest BCUT2D eigenvalue weighted by atomic mass is 19.3. The van der Waals surface area contributed by atoms with Crippen molar-refractivity contribution < 1.29 is 22.5 Å². The van der Waals surface area contributed by atoms with Crippen molar-refractivity contribution in [3.8, 4) is 11.4 Å². The van der Waals surface area contributed by atoms with E-state index in [1.54, 1.807) is 6.07 Å². The highest BCUT2D eigenvalue weighted by Crippen LogP contribution is 2.29. The molecule has 1 amide bonds. The van der Waals surface area contributed by atoms with E-state index < -0.39 is 12.1 Å². The number of hydrogen-bond acceptors (Lipinski definition) is 4. The number of rotatable bonds is 4. The summed E-state index contributed by atoms with van der Waals surface area (Å²) in [5.74, 6) is -2.02. The maximum absolute atomic E-state index is 12.5. The molecule has 5 nitrogen and oxygen atoms in total. The fraction of sp³-hybridized carbons (Fsp3) is 0.118. The lowest BCUT2D eigenvalue weighted by molar-refractivity contribution is -0.159. The van der Waals surface area contributed by atoms with Crippen LogP contribution in [0, 0.1) is 0 Å². The van der Waals surface area contributed by atoms with E-state index in [1.807, 2.05) is 30.3 Å². The Kier molecular flexibility index (Phi) is 4.51. The average Bonchev–Trinajstić information content (AvgIpc) is 3.11. The van der Waals surface area contributed by atoms with Gasteiger partial charge in [-0.05, 0) is 17.7 Å². The molecule has 0 spiro atoms. The summed E-state index contributed by atoms with van der Waals surface area (Å²) in [7, 11) is 0. The molecule has 0 bridgehead atoms. The number of hydrogen-bond donors (Lipinski definition) is 1. The van der Waals surface area contributed by atoms with Crippen molar-refractivity contribution in [2.45, 2.75) is 12.7 Å². The van der Waals surface area contributed by atoms with Crippen molar-refractivity contribution in [2.24, 2.45) is 0 Å². The molecule has 0 saturated carbocycles. The first-order valence-electron chi connectivity index (χ1n) is 7.27. The number of nitrogens with one attached hydrogen (secondary N) is 1. The molecule has 128 valence electrons. The van der Waals surface area contributed by atoms with Crippen molar-refractivity contribution in [1.29, 1.82) is 0 Å². The number of halogens is 3. The number of alkyl halides is 3. The lowest BCUT2D eigenvalue weighted by Crippen LogP contribution is -2.22. The number of nitrogens with zero attached hydrogens (tertiary/aromatic N) is 2. The van der Waals surface area contributed by atoms with Gasteiger partial charge in [0, 0.05) is 17.7 Å². The van der Waals surface area contributed by atoms with Gasteiger partial charge >= 0.3 is 12.1 Å². The van der Waals surface area contributed by atoms with E-state index in [0.717, 1.165) is 5.56 Å². The topological polar surface area (TPSA) is 68.0 Å². The number of carbonyl (C=O) groups is 1. The van der Waals surface area contributed by atoms with Crippen LogP contribution >= 0.6 is 0 Å². The Hall–Kier alpha value is -3.16. The van der Waals surface area contributed by atoms with Gasteiger partial charge in [0.05, 0.1) is 0 Å². The van der Waals surface area contributed by atoms with Gasteiger partial charge in [-0.1, -0.05) is 47.6 Å². The van der Waals surface area contributed by atoms with Crippen LogP contribution in [0.5, 0.6) is 0 Å². The summed E-state index contributed by atoms with van der Waals surface area (Å²) in [6.45, 7) is 0.338. The number of benzene rings is 2. The zero-order valence-corrected chi connectivity index (χ0v) is 12.7. The molecule has 0 aliphatic carbocycles. The van der Waals surface area contributed by atoms with Gasteiger partial charge in [-0.15, -0.1) is 0 Å². The molecule has 1 heterocycles. The summed E-state index contributed by atoms with van der Waals surface area (Å²) in [5, 5.41) is 6.05. The molecule has 2 aromatic carbocycles. The second-order valence-corrected chi connectivity index (χ2v) is 5.17. The van der Waals surface area contributed by atoms with E-state index in [1.165, 1.54) is 18.2 Å². The molecule has 0 aliphatic heterocycles. The number of amides is 1. The average molecular weight is 346 g/mol. The van der Waals surface area contributed by atoms with Crippen LogP contribution in [0.3, 0.4) is 0 Å². The first kappa shape index (κ1) is 16.7. The van der Waals surface area contributed by atoms with E-state index in [9.17, 15) is 18.0 Å². The molecule has 3 rings (SSSR count). The Labute approximate surface area is 140 Å². The summed E-state index contributed by atoms with van der Waals surface area (Å²) >= 11 is 0. The molecule has 0 fully saturated rings. The Morgan fingerprint density at radius 2 is 1.84 bits per heavy atom. The van der Waals surface area contributed by atoms with Crippen molar-refractivity contribution in [2.75, 3.05) is 0 Å².